The number of pyridine rings is 1. The predicted molar refractivity (Wildman–Crippen MR) is 171 cm³/mol. The molecule has 224 valence electrons. The third-order valence-corrected chi connectivity index (χ3v) is 9.17. The number of hydrogen-bond acceptors (Lipinski definition) is 7. The van der Waals surface area contributed by atoms with Gasteiger partial charge in [-0.2, -0.15) is 5.10 Å². The highest BCUT2D eigenvalue weighted by Crippen LogP contribution is 2.39. The molecule has 1 aliphatic heterocycles. The molecule has 7 rings (SSSR count). The first kappa shape index (κ1) is 28.3. The summed E-state index contributed by atoms with van der Waals surface area (Å²) in [5.41, 5.74) is 12.0. The van der Waals surface area contributed by atoms with Crippen molar-refractivity contribution in [3.8, 4) is 16.1 Å². The van der Waals surface area contributed by atoms with Crippen LogP contribution in [-0.2, 0) is 4.79 Å². The number of fused-ring (bicyclic) bond motifs is 4. The lowest BCUT2D eigenvalue weighted by Gasteiger charge is -2.12. The Bertz CT molecular complexity index is 2180. The van der Waals surface area contributed by atoms with E-state index in [-0.39, 0.29) is 17.5 Å². The molecule has 0 fully saturated rings. The number of carbonyl (C=O) groups is 2. The summed E-state index contributed by atoms with van der Waals surface area (Å²) in [6.45, 7) is 6.04. The zero-order chi connectivity index (χ0) is 31.4. The molecular formula is C33H27FN8O2S. The van der Waals surface area contributed by atoms with Gasteiger partial charge in [0, 0.05) is 27.9 Å². The van der Waals surface area contributed by atoms with Gasteiger partial charge in [0.25, 0.3) is 5.91 Å². The normalized spacial score (nSPS) is 14.0. The van der Waals surface area contributed by atoms with Gasteiger partial charge in [0.2, 0.25) is 5.91 Å². The average Bonchev–Trinajstić information content (AvgIpc) is 3.69. The van der Waals surface area contributed by atoms with Crippen LogP contribution in [0.3, 0.4) is 0 Å². The number of halogens is 1. The van der Waals surface area contributed by atoms with Crippen LogP contribution in [0.4, 0.5) is 10.1 Å². The molecule has 4 aromatic heterocycles. The monoisotopic (exact) mass is 618 g/mol. The van der Waals surface area contributed by atoms with Crippen molar-refractivity contribution in [1.82, 2.24) is 24.4 Å². The number of hydrogen-bond donors (Lipinski definition) is 2. The number of aryl methyl sites for hydroxylation is 2. The molecule has 0 bridgehead atoms. The SMILES string of the molecule is Cc1sc2c(c1C)C(c1ccc(-c3cccc(NC(=O)c4cnn5cccc(F)c45)c3)cc1)=N[C@@H](CC(N)=O)c1nnc(C)n1-2. The van der Waals surface area contributed by atoms with E-state index in [9.17, 15) is 14.0 Å². The molecule has 0 unspecified atom stereocenters. The number of aromatic nitrogens is 5. The van der Waals surface area contributed by atoms with Crippen LogP contribution >= 0.6 is 11.3 Å². The molecule has 5 heterocycles. The Balaban J connectivity index is 1.22. The highest BCUT2D eigenvalue weighted by molar-refractivity contribution is 7.15. The first-order chi connectivity index (χ1) is 21.7. The van der Waals surface area contributed by atoms with Gasteiger partial charge in [-0.3, -0.25) is 19.1 Å². The van der Waals surface area contributed by atoms with Gasteiger partial charge in [-0.25, -0.2) is 8.91 Å². The van der Waals surface area contributed by atoms with Gasteiger partial charge in [0.15, 0.2) is 5.82 Å². The molecule has 1 atom stereocenters. The molecule has 45 heavy (non-hydrogen) atoms. The number of amides is 2. The van der Waals surface area contributed by atoms with Crippen LogP contribution in [0.15, 0.2) is 78.0 Å². The predicted octanol–water partition coefficient (Wildman–Crippen LogP) is 5.73. The Labute approximate surface area is 261 Å². The van der Waals surface area contributed by atoms with Crippen LogP contribution in [0.2, 0.25) is 0 Å². The molecule has 1 aliphatic rings. The average molecular weight is 619 g/mol. The second-order valence-electron chi connectivity index (χ2n) is 10.9. The Kier molecular flexibility index (Phi) is 6.85. The smallest absolute Gasteiger partial charge is 0.259 e. The molecule has 0 spiro atoms. The zero-order valence-corrected chi connectivity index (χ0v) is 25.4. The van der Waals surface area contributed by atoms with Crippen molar-refractivity contribution in [2.24, 2.45) is 10.7 Å². The van der Waals surface area contributed by atoms with Crippen LogP contribution in [0.25, 0.3) is 21.6 Å². The summed E-state index contributed by atoms with van der Waals surface area (Å²) in [7, 11) is 0. The molecule has 2 amide bonds. The van der Waals surface area contributed by atoms with E-state index in [1.165, 1.54) is 22.8 Å². The van der Waals surface area contributed by atoms with Crippen molar-refractivity contribution in [3.63, 3.8) is 0 Å². The lowest BCUT2D eigenvalue weighted by Crippen LogP contribution is -2.17. The number of nitrogens with one attached hydrogen (secondary N) is 1. The van der Waals surface area contributed by atoms with E-state index in [2.05, 4.69) is 34.5 Å². The number of primary amides is 1. The highest BCUT2D eigenvalue weighted by Gasteiger charge is 2.32. The molecular weight excluding hydrogens is 591 g/mol. The quantitative estimate of drug-likeness (QED) is 0.246. The molecule has 10 nitrogen and oxygen atoms in total. The Morgan fingerprint density at radius 1 is 1.00 bits per heavy atom. The van der Waals surface area contributed by atoms with Gasteiger partial charge in [-0.1, -0.05) is 36.4 Å². The Hall–Kier alpha value is -5.49. The number of rotatable bonds is 6. The fourth-order valence-electron chi connectivity index (χ4n) is 5.68. The van der Waals surface area contributed by atoms with Gasteiger partial charge in [0.1, 0.15) is 28.2 Å². The first-order valence-electron chi connectivity index (χ1n) is 14.2. The molecule has 0 saturated carbocycles. The molecule has 3 N–H and O–H groups in total. The summed E-state index contributed by atoms with van der Waals surface area (Å²) >= 11 is 1.64. The summed E-state index contributed by atoms with van der Waals surface area (Å²) < 4.78 is 17.8. The maximum atomic E-state index is 14.4. The summed E-state index contributed by atoms with van der Waals surface area (Å²) in [4.78, 5) is 31.4. The van der Waals surface area contributed by atoms with Gasteiger partial charge < -0.3 is 11.1 Å². The molecule has 0 saturated heterocycles. The maximum absolute atomic E-state index is 14.4. The Morgan fingerprint density at radius 3 is 2.56 bits per heavy atom. The lowest BCUT2D eigenvalue weighted by atomic mass is 9.97. The van der Waals surface area contributed by atoms with E-state index in [0.717, 1.165) is 43.4 Å². The van der Waals surface area contributed by atoms with Crippen molar-refractivity contribution in [3.05, 3.63) is 118 Å². The number of nitrogens with two attached hydrogens (primary N) is 1. The maximum Gasteiger partial charge on any atom is 0.259 e. The van der Waals surface area contributed by atoms with Crippen LogP contribution in [0, 0.1) is 26.6 Å². The molecule has 2 aromatic carbocycles. The number of nitrogens with zero attached hydrogens (tertiary/aromatic N) is 6. The minimum Gasteiger partial charge on any atom is -0.370 e. The zero-order valence-electron chi connectivity index (χ0n) is 24.6. The minimum atomic E-state index is -0.584. The lowest BCUT2D eigenvalue weighted by molar-refractivity contribution is -0.118. The highest BCUT2D eigenvalue weighted by atomic mass is 32.1. The summed E-state index contributed by atoms with van der Waals surface area (Å²) in [5, 5.41) is 16.6. The van der Waals surface area contributed by atoms with E-state index < -0.39 is 23.7 Å². The van der Waals surface area contributed by atoms with E-state index in [4.69, 9.17) is 10.7 Å². The van der Waals surface area contributed by atoms with E-state index >= 15 is 0 Å². The van der Waals surface area contributed by atoms with Crippen molar-refractivity contribution in [2.45, 2.75) is 33.2 Å². The fourth-order valence-corrected chi connectivity index (χ4v) is 6.89. The third-order valence-electron chi connectivity index (χ3n) is 7.98. The van der Waals surface area contributed by atoms with Crippen LogP contribution in [-0.4, -0.2) is 41.9 Å². The van der Waals surface area contributed by atoms with Crippen molar-refractivity contribution in [1.29, 1.82) is 0 Å². The van der Waals surface area contributed by atoms with Crippen molar-refractivity contribution in [2.75, 3.05) is 5.32 Å². The summed E-state index contributed by atoms with van der Waals surface area (Å²) in [6.07, 6.45) is 2.95. The van der Waals surface area contributed by atoms with Gasteiger partial charge in [-0.05, 0) is 61.7 Å². The van der Waals surface area contributed by atoms with E-state index in [1.54, 1.807) is 23.6 Å². The summed E-state index contributed by atoms with van der Waals surface area (Å²) in [5.74, 6) is -0.145. The van der Waals surface area contributed by atoms with Crippen molar-refractivity contribution >= 4 is 40.1 Å². The minimum absolute atomic E-state index is 0.00705. The summed E-state index contributed by atoms with van der Waals surface area (Å²) in [6, 6.07) is 17.7. The fraction of sp³-hybridized carbons (Fsp3) is 0.152. The molecule has 6 aromatic rings. The van der Waals surface area contributed by atoms with Gasteiger partial charge in [-0.15, -0.1) is 21.5 Å². The topological polar surface area (TPSA) is 133 Å². The largest absolute Gasteiger partial charge is 0.370 e. The number of benzene rings is 2. The van der Waals surface area contributed by atoms with Crippen LogP contribution < -0.4 is 11.1 Å². The van der Waals surface area contributed by atoms with Crippen molar-refractivity contribution < 1.29 is 14.0 Å². The Morgan fingerprint density at radius 2 is 1.78 bits per heavy atom. The molecule has 0 radical (unpaired) electrons. The van der Waals surface area contributed by atoms with E-state index in [1.807, 2.05) is 54.0 Å². The van der Waals surface area contributed by atoms with Crippen LogP contribution in [0.1, 0.15) is 56.0 Å². The van der Waals surface area contributed by atoms with E-state index in [0.29, 0.717) is 17.3 Å². The molecule has 12 heteroatoms. The van der Waals surface area contributed by atoms with Gasteiger partial charge in [0.05, 0.1) is 23.9 Å². The number of aliphatic imine (C=N–C) groups is 1. The second kappa shape index (κ2) is 10.9. The first-order valence-corrected chi connectivity index (χ1v) is 15.0. The number of anilines is 1. The molecule has 0 aliphatic carbocycles. The van der Waals surface area contributed by atoms with Gasteiger partial charge >= 0.3 is 0 Å². The second-order valence-corrected chi connectivity index (χ2v) is 12.1. The van der Waals surface area contributed by atoms with Crippen LogP contribution in [0.5, 0.6) is 0 Å². The number of carbonyl (C=O) groups excluding carboxylic acids is 2. The standard InChI is InChI=1S/C33H27FN8O2S/c1-17-18(2)45-33-28(17)29(38-26(15-27(35)43)31-40-39-19(3)42(31)33)21-11-9-20(10-12-21)22-6-4-7-23(14-22)37-32(44)24-16-36-41-13-5-8-25(34)30(24)41/h4-14,16,26H,15H2,1-3H3,(H2,35,43)(H,37,44)/t26-/m0/s1. The third kappa shape index (κ3) is 4.89. The number of thiophene rings is 1.